The molecule has 1 aromatic heterocycles. The van der Waals surface area contributed by atoms with Gasteiger partial charge in [0.1, 0.15) is 0 Å². The van der Waals surface area contributed by atoms with Crippen molar-refractivity contribution >= 4 is 46.6 Å². The van der Waals surface area contributed by atoms with Gasteiger partial charge in [-0.15, -0.1) is 0 Å². The molecular weight excluding hydrogens is 451 g/mol. The first kappa shape index (κ1) is 21.4. The summed E-state index contributed by atoms with van der Waals surface area (Å²) in [7, 11) is 2.16. The van der Waals surface area contributed by atoms with Crippen LogP contribution in [-0.4, -0.2) is 18.5 Å². The van der Waals surface area contributed by atoms with E-state index >= 15 is 0 Å². The second-order valence-electron chi connectivity index (χ2n) is 7.90. The molecular formula is C26H26N3S3+. The highest BCUT2D eigenvalue weighted by atomic mass is 32.2. The quantitative estimate of drug-likeness (QED) is 0.388. The molecule has 3 aromatic rings. The van der Waals surface area contributed by atoms with Crippen LogP contribution < -0.4 is 9.47 Å². The average Bonchev–Trinajstić information content (AvgIpc) is 3.45. The second-order valence-corrected chi connectivity index (χ2v) is 10.9. The minimum absolute atomic E-state index is 0.877. The van der Waals surface area contributed by atoms with E-state index in [-0.39, 0.29) is 0 Å². The molecule has 2 aromatic carbocycles. The third-order valence-electron chi connectivity index (χ3n) is 5.71. The van der Waals surface area contributed by atoms with Gasteiger partial charge in [-0.2, -0.15) is 4.57 Å². The van der Waals surface area contributed by atoms with E-state index in [1.807, 2.05) is 23.5 Å². The molecule has 2 aliphatic rings. The lowest BCUT2D eigenvalue weighted by Gasteiger charge is -2.18. The molecule has 32 heavy (non-hydrogen) atoms. The van der Waals surface area contributed by atoms with E-state index in [2.05, 4.69) is 108 Å². The highest BCUT2D eigenvalue weighted by Gasteiger charge is 2.34. The Morgan fingerprint density at radius 1 is 1.09 bits per heavy atom. The lowest BCUT2D eigenvalue weighted by atomic mass is 10.2. The van der Waals surface area contributed by atoms with Gasteiger partial charge in [-0.25, -0.2) is 0 Å². The van der Waals surface area contributed by atoms with Gasteiger partial charge in [0.2, 0.25) is 0 Å². The van der Waals surface area contributed by atoms with Crippen LogP contribution in [0.25, 0.3) is 6.08 Å². The van der Waals surface area contributed by atoms with Crippen LogP contribution in [0.2, 0.25) is 0 Å². The summed E-state index contributed by atoms with van der Waals surface area (Å²) in [5, 5.41) is 5.93. The zero-order valence-electron chi connectivity index (χ0n) is 18.5. The standard InChI is InChI=1S/C26H26N3S3/c1-5-29-19(3)25(26-27(4)21-12-11-18(2)15-22(21)31-26)32-24(29)16-23-28(13-14-30-23)17-20-9-7-6-8-10-20/h6-16H,3,5,17H2,1-2,4H3/q+1/b26-25+. The highest BCUT2D eigenvalue weighted by Crippen LogP contribution is 2.54. The molecule has 3 heterocycles. The van der Waals surface area contributed by atoms with Crippen molar-refractivity contribution < 1.29 is 4.57 Å². The molecule has 1 fully saturated rings. The van der Waals surface area contributed by atoms with Crippen molar-refractivity contribution in [3.63, 3.8) is 0 Å². The van der Waals surface area contributed by atoms with Crippen LogP contribution in [-0.2, 0) is 6.54 Å². The molecule has 0 atom stereocenters. The zero-order valence-corrected chi connectivity index (χ0v) is 21.0. The predicted molar refractivity (Wildman–Crippen MR) is 140 cm³/mol. The van der Waals surface area contributed by atoms with E-state index in [0.29, 0.717) is 0 Å². The summed E-state index contributed by atoms with van der Waals surface area (Å²) in [6, 6.07) is 17.3. The first-order valence-electron chi connectivity index (χ1n) is 10.7. The number of hydrogen-bond acceptors (Lipinski definition) is 5. The Bertz CT molecular complexity index is 1240. The summed E-state index contributed by atoms with van der Waals surface area (Å²) in [5.74, 6) is 0. The van der Waals surface area contributed by atoms with Gasteiger partial charge in [0.05, 0.1) is 37.8 Å². The molecule has 0 N–H and O–H groups in total. The van der Waals surface area contributed by atoms with Gasteiger partial charge in [0, 0.05) is 24.1 Å². The Balaban J connectivity index is 1.47. The molecule has 0 spiro atoms. The number of rotatable bonds is 4. The Hall–Kier alpha value is -2.41. The number of fused-ring (bicyclic) bond motifs is 1. The van der Waals surface area contributed by atoms with E-state index in [1.54, 1.807) is 11.3 Å². The third kappa shape index (κ3) is 3.91. The number of aromatic nitrogens is 1. The van der Waals surface area contributed by atoms with E-state index in [9.17, 15) is 0 Å². The monoisotopic (exact) mass is 476 g/mol. The van der Waals surface area contributed by atoms with Crippen LogP contribution in [0, 0.1) is 6.92 Å². The van der Waals surface area contributed by atoms with Crippen LogP contribution in [0.4, 0.5) is 5.69 Å². The van der Waals surface area contributed by atoms with Crippen molar-refractivity contribution in [1.82, 2.24) is 4.90 Å². The van der Waals surface area contributed by atoms with Gasteiger partial charge >= 0.3 is 0 Å². The lowest BCUT2D eigenvalue weighted by Crippen LogP contribution is -2.34. The number of nitrogens with zero attached hydrogens (tertiary/aromatic N) is 3. The molecule has 0 amide bonds. The fourth-order valence-electron chi connectivity index (χ4n) is 4.00. The van der Waals surface area contributed by atoms with Crippen molar-refractivity contribution in [1.29, 1.82) is 0 Å². The summed E-state index contributed by atoms with van der Waals surface area (Å²) in [6.07, 6.45) is 4.49. The number of benzene rings is 2. The molecule has 0 saturated carbocycles. The van der Waals surface area contributed by atoms with E-state index in [0.717, 1.165) is 18.8 Å². The SMILES string of the molecule is C=C1/C(=C2\Sc3cc(C)ccc3N2C)S/C(=C\c2scc[n+]2Cc2ccccc2)N1CC. The third-order valence-corrected chi connectivity index (χ3v) is 9.09. The molecule has 5 rings (SSSR count). The summed E-state index contributed by atoms with van der Waals surface area (Å²) in [5.41, 5.74) is 4.97. The van der Waals surface area contributed by atoms with Gasteiger partial charge in [0.15, 0.2) is 12.7 Å². The topological polar surface area (TPSA) is 10.4 Å². The zero-order chi connectivity index (χ0) is 22.2. The summed E-state index contributed by atoms with van der Waals surface area (Å²) >= 11 is 5.47. The number of hydrogen-bond donors (Lipinski definition) is 0. The fourth-order valence-corrected chi connectivity index (χ4v) is 7.51. The van der Waals surface area contributed by atoms with Gasteiger partial charge in [-0.3, -0.25) is 0 Å². The maximum absolute atomic E-state index is 4.48. The molecule has 0 aliphatic carbocycles. The largest absolute Gasteiger partial charge is 0.337 e. The van der Waals surface area contributed by atoms with E-state index in [1.165, 1.54) is 41.7 Å². The smallest absolute Gasteiger partial charge is 0.264 e. The first-order valence-corrected chi connectivity index (χ1v) is 13.2. The molecule has 2 aliphatic heterocycles. The van der Waals surface area contributed by atoms with Crippen LogP contribution in [0.1, 0.15) is 23.1 Å². The van der Waals surface area contributed by atoms with E-state index in [4.69, 9.17) is 0 Å². The fraction of sp³-hybridized carbons (Fsp3) is 0.192. The molecule has 0 radical (unpaired) electrons. The molecule has 0 bridgehead atoms. The Kier molecular flexibility index (Phi) is 5.93. The van der Waals surface area contributed by atoms with Gasteiger partial charge in [-0.1, -0.05) is 77.8 Å². The van der Waals surface area contributed by atoms with Crippen LogP contribution in [0.15, 0.2) is 92.2 Å². The minimum atomic E-state index is 0.877. The molecule has 6 heteroatoms. The number of thiazole rings is 1. The number of likely N-dealkylation sites (N-methyl/N-ethyl adjacent to an activating group) is 1. The summed E-state index contributed by atoms with van der Waals surface area (Å²) < 4.78 is 2.32. The van der Waals surface area contributed by atoms with Gasteiger partial charge in [-0.05, 0) is 31.5 Å². The average molecular weight is 477 g/mol. The number of anilines is 1. The van der Waals surface area contributed by atoms with E-state index < -0.39 is 0 Å². The lowest BCUT2D eigenvalue weighted by molar-refractivity contribution is -0.685. The Labute approximate surface area is 202 Å². The second kappa shape index (κ2) is 8.85. The maximum Gasteiger partial charge on any atom is 0.264 e. The first-order chi connectivity index (χ1) is 15.5. The van der Waals surface area contributed by atoms with Crippen LogP contribution in [0.5, 0.6) is 0 Å². The maximum atomic E-state index is 4.48. The summed E-state index contributed by atoms with van der Waals surface area (Å²) in [4.78, 5) is 7.22. The Morgan fingerprint density at radius 2 is 1.91 bits per heavy atom. The number of aryl methyl sites for hydroxylation is 1. The van der Waals surface area contributed by atoms with Gasteiger partial charge < -0.3 is 9.80 Å². The minimum Gasteiger partial charge on any atom is -0.337 e. The summed E-state index contributed by atoms with van der Waals surface area (Å²) in [6.45, 7) is 10.6. The molecule has 1 saturated heterocycles. The van der Waals surface area contributed by atoms with Crippen molar-refractivity contribution in [3.8, 4) is 0 Å². The normalized spacial score (nSPS) is 19.3. The van der Waals surface area contributed by atoms with Crippen molar-refractivity contribution in [3.05, 3.63) is 103 Å². The predicted octanol–water partition coefficient (Wildman–Crippen LogP) is 6.68. The van der Waals surface area contributed by atoms with Crippen LogP contribution in [0.3, 0.4) is 0 Å². The van der Waals surface area contributed by atoms with Gasteiger partial charge in [0.25, 0.3) is 5.01 Å². The Morgan fingerprint density at radius 3 is 2.69 bits per heavy atom. The van der Waals surface area contributed by atoms with Crippen LogP contribution >= 0.6 is 34.9 Å². The molecule has 162 valence electrons. The van der Waals surface area contributed by atoms with Crippen molar-refractivity contribution in [2.75, 3.05) is 18.5 Å². The van der Waals surface area contributed by atoms with Crippen molar-refractivity contribution in [2.24, 2.45) is 0 Å². The molecule has 3 nitrogen and oxygen atoms in total. The molecule has 0 unspecified atom stereocenters. The van der Waals surface area contributed by atoms with Crippen molar-refractivity contribution in [2.45, 2.75) is 25.3 Å². The highest BCUT2D eigenvalue weighted by molar-refractivity contribution is 8.09. The number of thioether (sulfide) groups is 2.